The standard InChI is InChI=1S/C16H25N7/c1-17-16(19-10-15-20-12-21-23(15)4)18-9-13-7-5-6-8-14(13)11-22(2)3/h5-8,12H,9-11H2,1-4H3,(H2,17,18,19). The lowest BCUT2D eigenvalue weighted by molar-refractivity contribution is 0.400. The van der Waals surface area contributed by atoms with Crippen LogP contribution in [0.4, 0.5) is 0 Å². The molecule has 7 nitrogen and oxygen atoms in total. The molecule has 0 atom stereocenters. The normalized spacial score (nSPS) is 11.8. The highest BCUT2D eigenvalue weighted by atomic mass is 15.3. The van der Waals surface area contributed by atoms with Crippen molar-refractivity contribution in [1.29, 1.82) is 0 Å². The summed E-state index contributed by atoms with van der Waals surface area (Å²) in [7, 11) is 7.78. The van der Waals surface area contributed by atoms with Gasteiger partial charge in [0.15, 0.2) is 5.96 Å². The Morgan fingerprint density at radius 1 is 1.17 bits per heavy atom. The molecule has 2 rings (SSSR count). The minimum Gasteiger partial charge on any atom is -0.352 e. The first-order chi connectivity index (χ1) is 11.1. The molecular formula is C16H25N7. The molecule has 0 bridgehead atoms. The summed E-state index contributed by atoms with van der Waals surface area (Å²) in [6.07, 6.45) is 1.55. The molecule has 0 saturated heterocycles. The summed E-state index contributed by atoms with van der Waals surface area (Å²) in [5.74, 6) is 1.61. The third kappa shape index (κ3) is 5.07. The molecule has 2 N–H and O–H groups in total. The van der Waals surface area contributed by atoms with Crippen LogP contribution in [0.25, 0.3) is 0 Å². The lowest BCUT2D eigenvalue weighted by Gasteiger charge is -2.16. The molecular weight excluding hydrogens is 290 g/mol. The second-order valence-electron chi connectivity index (χ2n) is 5.59. The Morgan fingerprint density at radius 2 is 1.87 bits per heavy atom. The molecule has 0 fully saturated rings. The van der Waals surface area contributed by atoms with Crippen molar-refractivity contribution < 1.29 is 0 Å². The van der Waals surface area contributed by atoms with Gasteiger partial charge in [0.1, 0.15) is 12.2 Å². The van der Waals surface area contributed by atoms with Crippen LogP contribution >= 0.6 is 0 Å². The fourth-order valence-electron chi connectivity index (χ4n) is 2.27. The molecule has 0 unspecified atom stereocenters. The maximum Gasteiger partial charge on any atom is 0.191 e. The molecule has 0 aliphatic rings. The van der Waals surface area contributed by atoms with Crippen LogP contribution in [0.3, 0.4) is 0 Å². The van der Waals surface area contributed by atoms with Gasteiger partial charge in [0.05, 0.1) is 6.54 Å². The maximum atomic E-state index is 4.25. The molecule has 1 aromatic heterocycles. The largest absolute Gasteiger partial charge is 0.352 e. The van der Waals surface area contributed by atoms with E-state index in [2.05, 4.69) is 69.0 Å². The van der Waals surface area contributed by atoms with Gasteiger partial charge in [0.2, 0.25) is 0 Å². The number of guanidine groups is 1. The van der Waals surface area contributed by atoms with E-state index in [1.165, 1.54) is 11.1 Å². The third-order valence-electron chi connectivity index (χ3n) is 3.49. The molecule has 1 aromatic carbocycles. The quantitative estimate of drug-likeness (QED) is 0.608. The molecule has 1 heterocycles. The van der Waals surface area contributed by atoms with Crippen LogP contribution in [0.2, 0.25) is 0 Å². The molecule has 0 radical (unpaired) electrons. The Bertz CT molecular complexity index is 645. The average molecular weight is 315 g/mol. The maximum absolute atomic E-state index is 4.25. The minimum absolute atomic E-state index is 0.579. The topological polar surface area (TPSA) is 70.4 Å². The van der Waals surface area contributed by atoms with E-state index in [0.29, 0.717) is 6.54 Å². The zero-order chi connectivity index (χ0) is 16.7. The van der Waals surface area contributed by atoms with Crippen LogP contribution in [-0.2, 0) is 26.7 Å². The van der Waals surface area contributed by atoms with E-state index in [-0.39, 0.29) is 0 Å². The molecule has 0 amide bonds. The molecule has 0 aliphatic heterocycles. The summed E-state index contributed by atoms with van der Waals surface area (Å²) in [4.78, 5) is 10.6. The first-order valence-electron chi connectivity index (χ1n) is 7.59. The van der Waals surface area contributed by atoms with Gasteiger partial charge < -0.3 is 15.5 Å². The van der Waals surface area contributed by atoms with Crippen molar-refractivity contribution in [2.75, 3.05) is 21.1 Å². The van der Waals surface area contributed by atoms with Crippen LogP contribution in [0.15, 0.2) is 35.6 Å². The van der Waals surface area contributed by atoms with Crippen LogP contribution in [0.1, 0.15) is 17.0 Å². The number of hydrogen-bond acceptors (Lipinski definition) is 4. The highest BCUT2D eigenvalue weighted by molar-refractivity contribution is 5.79. The molecule has 0 aliphatic carbocycles. The zero-order valence-corrected chi connectivity index (χ0v) is 14.2. The Labute approximate surface area is 137 Å². The number of rotatable bonds is 6. The van der Waals surface area contributed by atoms with Gasteiger partial charge in [-0.15, -0.1) is 0 Å². The number of aromatic nitrogens is 3. The van der Waals surface area contributed by atoms with Gasteiger partial charge >= 0.3 is 0 Å². The minimum atomic E-state index is 0.579. The predicted molar refractivity (Wildman–Crippen MR) is 91.9 cm³/mol. The molecule has 7 heteroatoms. The molecule has 23 heavy (non-hydrogen) atoms. The average Bonchev–Trinajstić information content (AvgIpc) is 2.93. The summed E-state index contributed by atoms with van der Waals surface area (Å²) >= 11 is 0. The van der Waals surface area contributed by atoms with Crippen molar-refractivity contribution in [1.82, 2.24) is 30.3 Å². The van der Waals surface area contributed by atoms with Gasteiger partial charge in [-0.1, -0.05) is 24.3 Å². The summed E-state index contributed by atoms with van der Waals surface area (Å²) in [6, 6.07) is 8.43. The van der Waals surface area contributed by atoms with Crippen LogP contribution < -0.4 is 10.6 Å². The van der Waals surface area contributed by atoms with E-state index in [0.717, 1.165) is 24.9 Å². The highest BCUT2D eigenvalue weighted by Crippen LogP contribution is 2.10. The van der Waals surface area contributed by atoms with Crippen LogP contribution in [-0.4, -0.2) is 46.8 Å². The Morgan fingerprint density at radius 3 is 2.48 bits per heavy atom. The zero-order valence-electron chi connectivity index (χ0n) is 14.2. The van der Waals surface area contributed by atoms with E-state index >= 15 is 0 Å². The van der Waals surface area contributed by atoms with E-state index < -0.39 is 0 Å². The number of nitrogens with zero attached hydrogens (tertiary/aromatic N) is 5. The summed E-state index contributed by atoms with van der Waals surface area (Å²) in [5, 5.41) is 10.6. The summed E-state index contributed by atoms with van der Waals surface area (Å²) in [6.45, 7) is 2.22. The van der Waals surface area contributed by atoms with Gasteiger partial charge in [-0.3, -0.25) is 9.67 Å². The van der Waals surface area contributed by atoms with Crippen molar-refractivity contribution >= 4 is 5.96 Å². The van der Waals surface area contributed by atoms with E-state index in [1.807, 2.05) is 7.05 Å². The lowest BCUT2D eigenvalue weighted by Crippen LogP contribution is -2.37. The van der Waals surface area contributed by atoms with Crippen molar-refractivity contribution in [3.63, 3.8) is 0 Å². The molecule has 0 saturated carbocycles. The smallest absolute Gasteiger partial charge is 0.191 e. The fourth-order valence-corrected chi connectivity index (χ4v) is 2.27. The van der Waals surface area contributed by atoms with Crippen molar-refractivity contribution in [3.8, 4) is 0 Å². The van der Waals surface area contributed by atoms with Crippen LogP contribution in [0, 0.1) is 0 Å². The van der Waals surface area contributed by atoms with E-state index in [4.69, 9.17) is 0 Å². The number of hydrogen-bond donors (Lipinski definition) is 2. The first kappa shape index (κ1) is 17.0. The Kier molecular flexibility index (Phi) is 6.10. The summed E-state index contributed by atoms with van der Waals surface area (Å²) in [5.41, 5.74) is 2.58. The second-order valence-corrected chi connectivity index (χ2v) is 5.59. The number of aryl methyl sites for hydroxylation is 1. The molecule has 2 aromatic rings. The monoisotopic (exact) mass is 315 g/mol. The molecule has 0 spiro atoms. The number of benzene rings is 1. The Hall–Kier alpha value is -2.41. The van der Waals surface area contributed by atoms with Gasteiger partial charge in [0.25, 0.3) is 0 Å². The Balaban J connectivity index is 1.92. The first-order valence-corrected chi connectivity index (χ1v) is 7.59. The third-order valence-corrected chi connectivity index (χ3v) is 3.49. The predicted octanol–water partition coefficient (Wildman–Crippen LogP) is 0.742. The van der Waals surface area contributed by atoms with E-state index in [9.17, 15) is 0 Å². The van der Waals surface area contributed by atoms with Gasteiger partial charge in [-0.2, -0.15) is 5.10 Å². The lowest BCUT2D eigenvalue weighted by atomic mass is 10.1. The summed E-state index contributed by atoms with van der Waals surface area (Å²) < 4.78 is 1.74. The van der Waals surface area contributed by atoms with Crippen molar-refractivity contribution in [2.24, 2.45) is 12.0 Å². The SMILES string of the molecule is CN=C(NCc1ccccc1CN(C)C)NCc1ncnn1C. The second kappa shape index (κ2) is 8.28. The van der Waals surface area contributed by atoms with E-state index in [1.54, 1.807) is 18.1 Å². The van der Waals surface area contributed by atoms with Crippen LogP contribution in [0.5, 0.6) is 0 Å². The van der Waals surface area contributed by atoms with Gasteiger partial charge in [-0.25, -0.2) is 4.98 Å². The number of nitrogens with one attached hydrogen (secondary N) is 2. The van der Waals surface area contributed by atoms with Crippen molar-refractivity contribution in [2.45, 2.75) is 19.6 Å². The molecule has 124 valence electrons. The van der Waals surface area contributed by atoms with Crippen molar-refractivity contribution in [3.05, 3.63) is 47.5 Å². The highest BCUT2D eigenvalue weighted by Gasteiger charge is 2.06. The van der Waals surface area contributed by atoms with Gasteiger partial charge in [-0.05, 0) is 25.2 Å². The fraction of sp³-hybridized carbons (Fsp3) is 0.438. The van der Waals surface area contributed by atoms with Gasteiger partial charge in [0, 0.05) is 27.2 Å². The number of aliphatic imine (C=N–C) groups is 1.